The first kappa shape index (κ1) is 13.7. The summed E-state index contributed by atoms with van der Waals surface area (Å²) < 4.78 is 11.0. The van der Waals surface area contributed by atoms with Gasteiger partial charge in [-0.15, -0.1) is 0 Å². The number of morpholine rings is 1. The maximum Gasteiger partial charge on any atom is 0.260 e. The quantitative estimate of drug-likeness (QED) is 0.835. The normalized spacial score (nSPS) is 23.2. The molecule has 2 rings (SSSR count). The molecule has 1 aliphatic rings. The smallest absolute Gasteiger partial charge is 0.260 e. The van der Waals surface area contributed by atoms with Crippen LogP contribution in [0, 0.1) is 0 Å². The molecular formula is C14H20N2O3. The average Bonchev–Trinajstić information content (AvgIpc) is 2.39. The van der Waals surface area contributed by atoms with Crippen LogP contribution in [0.5, 0.6) is 5.75 Å². The maximum atomic E-state index is 12.1. The highest BCUT2D eigenvalue weighted by Gasteiger charge is 2.27. The molecule has 0 radical (unpaired) electrons. The molecule has 1 aromatic rings. The van der Waals surface area contributed by atoms with Gasteiger partial charge in [-0.3, -0.25) is 4.79 Å². The van der Waals surface area contributed by atoms with E-state index >= 15 is 0 Å². The predicted octanol–water partition coefficient (Wildman–Crippen LogP) is 1.28. The molecule has 5 nitrogen and oxygen atoms in total. The van der Waals surface area contributed by atoms with Crippen molar-refractivity contribution in [3.63, 3.8) is 0 Å². The molecule has 19 heavy (non-hydrogen) atoms. The Kier molecular flexibility index (Phi) is 4.27. The van der Waals surface area contributed by atoms with Crippen molar-refractivity contribution >= 4 is 11.6 Å². The summed E-state index contributed by atoms with van der Waals surface area (Å²) >= 11 is 0. The zero-order chi connectivity index (χ0) is 13.8. The molecule has 2 unspecified atom stereocenters. The molecule has 0 aliphatic carbocycles. The molecule has 2 atom stereocenters. The van der Waals surface area contributed by atoms with Gasteiger partial charge in [0.2, 0.25) is 0 Å². The van der Waals surface area contributed by atoms with E-state index in [-0.39, 0.29) is 24.7 Å². The molecular weight excluding hydrogens is 244 g/mol. The lowest BCUT2D eigenvalue weighted by atomic mass is 10.2. The molecule has 1 aliphatic heterocycles. The van der Waals surface area contributed by atoms with Crippen LogP contribution >= 0.6 is 0 Å². The minimum Gasteiger partial charge on any atom is -0.484 e. The minimum absolute atomic E-state index is 0.0231. The molecule has 0 bridgehead atoms. The Labute approximate surface area is 113 Å². The number of benzene rings is 1. The Morgan fingerprint density at radius 3 is 3.05 bits per heavy atom. The summed E-state index contributed by atoms with van der Waals surface area (Å²) in [5.41, 5.74) is 6.28. The Morgan fingerprint density at radius 1 is 1.53 bits per heavy atom. The summed E-state index contributed by atoms with van der Waals surface area (Å²) in [5, 5.41) is 0. The van der Waals surface area contributed by atoms with E-state index in [1.165, 1.54) is 0 Å². The van der Waals surface area contributed by atoms with E-state index in [4.69, 9.17) is 15.2 Å². The Bertz CT molecular complexity index is 450. The van der Waals surface area contributed by atoms with Gasteiger partial charge in [-0.25, -0.2) is 0 Å². The highest BCUT2D eigenvalue weighted by molar-refractivity contribution is 5.78. The fraction of sp³-hybridized carbons (Fsp3) is 0.500. The highest BCUT2D eigenvalue weighted by Crippen LogP contribution is 2.16. The summed E-state index contributed by atoms with van der Waals surface area (Å²) in [7, 11) is 0. The third-order valence-corrected chi connectivity index (χ3v) is 3.15. The van der Waals surface area contributed by atoms with Gasteiger partial charge in [0.25, 0.3) is 5.91 Å². The largest absolute Gasteiger partial charge is 0.484 e. The van der Waals surface area contributed by atoms with Crippen molar-refractivity contribution in [1.29, 1.82) is 0 Å². The van der Waals surface area contributed by atoms with Crippen molar-refractivity contribution in [3.8, 4) is 5.75 Å². The number of hydrogen-bond donors (Lipinski definition) is 1. The molecule has 5 heteroatoms. The standard InChI is InChI=1S/C14H20N2O3/c1-10-8-18-11(2)7-16(10)14(17)9-19-13-5-3-4-12(15)6-13/h3-6,10-11H,7-9,15H2,1-2H3. The minimum atomic E-state index is -0.0231. The second kappa shape index (κ2) is 5.93. The fourth-order valence-electron chi connectivity index (χ4n) is 2.08. The van der Waals surface area contributed by atoms with Crippen LogP contribution in [0.4, 0.5) is 5.69 Å². The molecule has 104 valence electrons. The van der Waals surface area contributed by atoms with Crippen LogP contribution in [-0.4, -0.2) is 42.7 Å². The molecule has 1 heterocycles. The number of hydrogen-bond acceptors (Lipinski definition) is 4. The van der Waals surface area contributed by atoms with Gasteiger partial charge in [0, 0.05) is 18.3 Å². The number of carbonyl (C=O) groups is 1. The summed E-state index contributed by atoms with van der Waals surface area (Å²) in [6.45, 7) is 5.15. The summed E-state index contributed by atoms with van der Waals surface area (Å²) in [6, 6.07) is 7.16. The third-order valence-electron chi connectivity index (χ3n) is 3.15. The number of nitrogen functional groups attached to an aromatic ring is 1. The number of carbonyl (C=O) groups excluding carboxylic acids is 1. The lowest BCUT2D eigenvalue weighted by molar-refractivity contribution is -0.145. The molecule has 2 N–H and O–H groups in total. The summed E-state index contributed by atoms with van der Waals surface area (Å²) in [5.74, 6) is 0.590. The predicted molar refractivity (Wildman–Crippen MR) is 72.9 cm³/mol. The topological polar surface area (TPSA) is 64.8 Å². The first-order valence-electron chi connectivity index (χ1n) is 6.45. The first-order valence-corrected chi connectivity index (χ1v) is 6.45. The van der Waals surface area contributed by atoms with E-state index in [0.717, 1.165) is 0 Å². The van der Waals surface area contributed by atoms with Crippen molar-refractivity contribution in [2.24, 2.45) is 0 Å². The number of nitrogens with zero attached hydrogens (tertiary/aromatic N) is 1. The highest BCUT2D eigenvalue weighted by atomic mass is 16.5. The van der Waals surface area contributed by atoms with Crippen LogP contribution in [-0.2, 0) is 9.53 Å². The van der Waals surface area contributed by atoms with Crippen LogP contribution < -0.4 is 10.5 Å². The molecule has 1 aromatic carbocycles. The number of nitrogens with two attached hydrogens (primary N) is 1. The van der Waals surface area contributed by atoms with Crippen LogP contribution in [0.3, 0.4) is 0 Å². The van der Waals surface area contributed by atoms with Crippen molar-refractivity contribution in [2.45, 2.75) is 26.0 Å². The summed E-state index contributed by atoms with van der Waals surface area (Å²) in [6.07, 6.45) is 0.0764. The van der Waals surface area contributed by atoms with E-state index in [0.29, 0.717) is 24.6 Å². The zero-order valence-corrected chi connectivity index (χ0v) is 11.3. The molecule has 1 amide bonds. The van der Waals surface area contributed by atoms with Gasteiger partial charge in [-0.1, -0.05) is 6.07 Å². The number of rotatable bonds is 3. The fourth-order valence-corrected chi connectivity index (χ4v) is 2.08. The van der Waals surface area contributed by atoms with Gasteiger partial charge >= 0.3 is 0 Å². The molecule has 0 aromatic heterocycles. The maximum absolute atomic E-state index is 12.1. The Balaban J connectivity index is 1.90. The van der Waals surface area contributed by atoms with Gasteiger partial charge in [0.15, 0.2) is 6.61 Å². The van der Waals surface area contributed by atoms with E-state index in [2.05, 4.69) is 0 Å². The monoisotopic (exact) mass is 264 g/mol. The van der Waals surface area contributed by atoms with Crippen LogP contribution in [0.2, 0.25) is 0 Å². The SMILES string of the molecule is CC1CN(C(=O)COc2cccc(N)c2)C(C)CO1. The van der Waals surface area contributed by atoms with E-state index < -0.39 is 0 Å². The second-order valence-corrected chi connectivity index (χ2v) is 4.90. The second-order valence-electron chi connectivity index (χ2n) is 4.90. The number of amides is 1. The Hall–Kier alpha value is -1.75. The van der Waals surface area contributed by atoms with Crippen LogP contribution in [0.25, 0.3) is 0 Å². The molecule has 0 saturated carbocycles. The molecule has 0 spiro atoms. The van der Waals surface area contributed by atoms with Gasteiger partial charge in [-0.05, 0) is 26.0 Å². The van der Waals surface area contributed by atoms with Gasteiger partial charge in [0.1, 0.15) is 5.75 Å². The van der Waals surface area contributed by atoms with E-state index in [9.17, 15) is 4.79 Å². The van der Waals surface area contributed by atoms with Crippen LogP contribution in [0.15, 0.2) is 24.3 Å². The molecule has 1 saturated heterocycles. The van der Waals surface area contributed by atoms with E-state index in [1.807, 2.05) is 13.8 Å². The van der Waals surface area contributed by atoms with Crippen molar-refractivity contribution in [1.82, 2.24) is 4.90 Å². The van der Waals surface area contributed by atoms with Gasteiger partial charge < -0.3 is 20.1 Å². The average molecular weight is 264 g/mol. The van der Waals surface area contributed by atoms with Gasteiger partial charge in [0.05, 0.1) is 18.8 Å². The molecule has 1 fully saturated rings. The number of ether oxygens (including phenoxy) is 2. The lowest BCUT2D eigenvalue weighted by Gasteiger charge is -2.36. The number of anilines is 1. The first-order chi connectivity index (χ1) is 9.06. The Morgan fingerprint density at radius 2 is 2.32 bits per heavy atom. The van der Waals surface area contributed by atoms with Crippen molar-refractivity contribution in [2.75, 3.05) is 25.5 Å². The van der Waals surface area contributed by atoms with Crippen LogP contribution in [0.1, 0.15) is 13.8 Å². The van der Waals surface area contributed by atoms with E-state index in [1.54, 1.807) is 29.2 Å². The summed E-state index contributed by atoms with van der Waals surface area (Å²) in [4.78, 5) is 13.9. The van der Waals surface area contributed by atoms with Crippen molar-refractivity contribution < 1.29 is 14.3 Å². The lowest BCUT2D eigenvalue weighted by Crippen LogP contribution is -2.51. The van der Waals surface area contributed by atoms with Crippen molar-refractivity contribution in [3.05, 3.63) is 24.3 Å². The van der Waals surface area contributed by atoms with Gasteiger partial charge in [-0.2, -0.15) is 0 Å². The third kappa shape index (κ3) is 3.61. The zero-order valence-electron chi connectivity index (χ0n) is 11.3.